The van der Waals surface area contributed by atoms with Gasteiger partial charge in [0.1, 0.15) is 5.78 Å². The van der Waals surface area contributed by atoms with E-state index in [4.69, 9.17) is 4.74 Å². The molecule has 144 valence electrons. The minimum atomic E-state index is -0.419. The zero-order valence-corrected chi connectivity index (χ0v) is 15.9. The first-order chi connectivity index (χ1) is 13.0. The van der Waals surface area contributed by atoms with Crippen molar-refractivity contribution in [1.29, 1.82) is 0 Å². The molecular weight excluding hydrogens is 345 g/mol. The van der Waals surface area contributed by atoms with Gasteiger partial charge in [0, 0.05) is 25.4 Å². The van der Waals surface area contributed by atoms with E-state index in [1.807, 2.05) is 13.8 Å². The molecule has 6 heteroatoms. The summed E-state index contributed by atoms with van der Waals surface area (Å²) < 4.78 is 19.4. The number of carbonyl (C=O) groups is 1. The molecule has 0 N–H and O–H groups in total. The smallest absolute Gasteiger partial charge is 0.237 e. The lowest BCUT2D eigenvalue weighted by atomic mass is 9.91. The van der Waals surface area contributed by atoms with Gasteiger partial charge in [0.05, 0.1) is 18.1 Å². The molecule has 0 saturated carbocycles. The Morgan fingerprint density at radius 3 is 2.89 bits per heavy atom. The minimum absolute atomic E-state index is 0.135. The normalized spacial score (nSPS) is 17.7. The third kappa shape index (κ3) is 5.32. The number of rotatable bonds is 7. The zero-order valence-electron chi connectivity index (χ0n) is 15.9. The van der Waals surface area contributed by atoms with Crippen LogP contribution in [0.4, 0.5) is 4.39 Å². The van der Waals surface area contributed by atoms with Gasteiger partial charge in [-0.15, -0.1) is 0 Å². The van der Waals surface area contributed by atoms with E-state index in [1.165, 1.54) is 12.3 Å². The highest BCUT2D eigenvalue weighted by molar-refractivity contribution is 5.81. The highest BCUT2D eigenvalue weighted by Gasteiger charge is 2.25. The van der Waals surface area contributed by atoms with Gasteiger partial charge in [-0.3, -0.25) is 14.7 Å². The maximum absolute atomic E-state index is 13.9. The van der Waals surface area contributed by atoms with Gasteiger partial charge in [-0.05, 0) is 50.4 Å². The molecule has 1 fully saturated rings. The lowest BCUT2D eigenvalue weighted by molar-refractivity contribution is -0.124. The Morgan fingerprint density at radius 2 is 2.19 bits per heavy atom. The number of hydrogen-bond donors (Lipinski definition) is 0. The second-order valence-electron chi connectivity index (χ2n) is 7.17. The van der Waals surface area contributed by atoms with Crippen molar-refractivity contribution in [2.45, 2.75) is 46.1 Å². The van der Waals surface area contributed by atoms with Crippen molar-refractivity contribution >= 4 is 5.78 Å². The summed E-state index contributed by atoms with van der Waals surface area (Å²) in [6.07, 6.45) is 6.75. The Labute approximate surface area is 159 Å². The number of ether oxygens (including phenoxy) is 1. The van der Waals surface area contributed by atoms with Crippen LogP contribution in [0.5, 0.6) is 11.6 Å². The summed E-state index contributed by atoms with van der Waals surface area (Å²) in [4.78, 5) is 23.0. The number of aromatic nitrogens is 2. The molecule has 1 saturated heterocycles. The molecule has 1 atom stereocenters. The summed E-state index contributed by atoms with van der Waals surface area (Å²) in [5.41, 5.74) is 1.65. The van der Waals surface area contributed by atoms with Crippen molar-refractivity contribution in [2.75, 3.05) is 13.1 Å². The quantitative estimate of drug-likeness (QED) is 0.726. The third-order valence-electron chi connectivity index (χ3n) is 4.83. The Hall–Kier alpha value is -2.34. The molecule has 0 aliphatic carbocycles. The average Bonchev–Trinajstić information content (AvgIpc) is 2.66. The fourth-order valence-electron chi connectivity index (χ4n) is 3.42. The number of aryl methyl sites for hydroxylation is 1. The van der Waals surface area contributed by atoms with Gasteiger partial charge >= 0.3 is 0 Å². The average molecular weight is 371 g/mol. The number of nitrogens with zero attached hydrogens (tertiary/aromatic N) is 3. The number of benzene rings is 1. The standard InChI is InChI=1S/C21H26FN3O2/c1-3-5-19(26)16-6-4-9-25(13-16)14-17-11-24-21(12-23-17)27-20-8-7-15(2)10-18(20)22/h7-8,10-12,16H,3-6,9,13-14H2,1-2H3/t16-/m0/s1. The van der Waals surface area contributed by atoms with Crippen molar-refractivity contribution in [3.63, 3.8) is 0 Å². The Kier molecular flexibility index (Phi) is 6.50. The Bertz CT molecular complexity index is 779. The fraction of sp³-hybridized carbons (Fsp3) is 0.476. The number of likely N-dealkylation sites (tertiary alicyclic amines) is 1. The predicted molar refractivity (Wildman–Crippen MR) is 101 cm³/mol. The van der Waals surface area contributed by atoms with E-state index < -0.39 is 5.82 Å². The second-order valence-corrected chi connectivity index (χ2v) is 7.17. The van der Waals surface area contributed by atoms with Crippen LogP contribution in [0.15, 0.2) is 30.6 Å². The number of ketones is 1. The molecule has 2 heterocycles. The van der Waals surface area contributed by atoms with Gasteiger partial charge in [-0.1, -0.05) is 13.0 Å². The molecule has 3 rings (SSSR count). The van der Waals surface area contributed by atoms with Crippen molar-refractivity contribution in [2.24, 2.45) is 5.92 Å². The van der Waals surface area contributed by atoms with Crippen LogP contribution in [-0.2, 0) is 11.3 Å². The van der Waals surface area contributed by atoms with Crippen molar-refractivity contribution in [1.82, 2.24) is 14.9 Å². The van der Waals surface area contributed by atoms with E-state index in [0.717, 1.165) is 43.6 Å². The number of hydrogen-bond acceptors (Lipinski definition) is 5. The van der Waals surface area contributed by atoms with Crippen LogP contribution in [-0.4, -0.2) is 33.7 Å². The van der Waals surface area contributed by atoms with Crippen LogP contribution in [0.25, 0.3) is 0 Å². The van der Waals surface area contributed by atoms with E-state index in [1.54, 1.807) is 18.3 Å². The van der Waals surface area contributed by atoms with E-state index in [2.05, 4.69) is 14.9 Å². The highest BCUT2D eigenvalue weighted by Crippen LogP contribution is 2.24. The van der Waals surface area contributed by atoms with Crippen LogP contribution in [0.1, 0.15) is 43.9 Å². The summed E-state index contributed by atoms with van der Waals surface area (Å²) in [6, 6.07) is 4.79. The summed E-state index contributed by atoms with van der Waals surface area (Å²) in [7, 11) is 0. The Morgan fingerprint density at radius 1 is 1.33 bits per heavy atom. The van der Waals surface area contributed by atoms with Gasteiger partial charge in [0.25, 0.3) is 0 Å². The first-order valence-corrected chi connectivity index (χ1v) is 9.55. The second kappa shape index (κ2) is 9.04. The first-order valence-electron chi connectivity index (χ1n) is 9.55. The van der Waals surface area contributed by atoms with Crippen LogP contribution < -0.4 is 4.74 Å². The first kappa shape index (κ1) is 19.4. The van der Waals surface area contributed by atoms with Gasteiger partial charge in [0.15, 0.2) is 11.6 Å². The minimum Gasteiger partial charge on any atom is -0.434 e. The number of halogens is 1. The summed E-state index contributed by atoms with van der Waals surface area (Å²) in [6.45, 7) is 6.27. The molecular formula is C21H26FN3O2. The Balaban J connectivity index is 1.58. The number of piperidine rings is 1. The zero-order chi connectivity index (χ0) is 19.2. The molecule has 1 aromatic heterocycles. The SMILES string of the molecule is CCCC(=O)[C@H]1CCCN(Cc2cnc(Oc3ccc(C)cc3F)cn2)C1. The number of Topliss-reactive ketones (excluding diaryl/α,β-unsaturated/α-hetero) is 1. The third-order valence-corrected chi connectivity index (χ3v) is 4.83. The van der Waals surface area contributed by atoms with Crippen LogP contribution >= 0.6 is 0 Å². The monoisotopic (exact) mass is 371 g/mol. The van der Waals surface area contributed by atoms with Crippen molar-refractivity contribution in [3.8, 4) is 11.6 Å². The summed E-state index contributed by atoms with van der Waals surface area (Å²) >= 11 is 0. The summed E-state index contributed by atoms with van der Waals surface area (Å²) in [5, 5.41) is 0. The van der Waals surface area contributed by atoms with E-state index in [9.17, 15) is 9.18 Å². The van der Waals surface area contributed by atoms with Crippen molar-refractivity contribution in [3.05, 3.63) is 47.7 Å². The molecule has 0 radical (unpaired) electrons. The predicted octanol–water partition coefficient (Wildman–Crippen LogP) is 4.30. The maximum atomic E-state index is 13.9. The van der Waals surface area contributed by atoms with E-state index >= 15 is 0 Å². The van der Waals surface area contributed by atoms with E-state index in [-0.39, 0.29) is 17.5 Å². The largest absolute Gasteiger partial charge is 0.434 e. The molecule has 0 spiro atoms. The van der Waals surface area contributed by atoms with Gasteiger partial charge < -0.3 is 4.74 Å². The number of carbonyl (C=O) groups excluding carboxylic acids is 1. The van der Waals surface area contributed by atoms with Crippen LogP contribution in [0.3, 0.4) is 0 Å². The topological polar surface area (TPSA) is 55.3 Å². The molecule has 1 aliphatic rings. The van der Waals surface area contributed by atoms with E-state index in [0.29, 0.717) is 18.7 Å². The fourth-order valence-corrected chi connectivity index (χ4v) is 3.42. The molecule has 0 bridgehead atoms. The lowest BCUT2D eigenvalue weighted by Crippen LogP contribution is -2.38. The lowest BCUT2D eigenvalue weighted by Gasteiger charge is -2.31. The molecule has 2 aromatic rings. The van der Waals surface area contributed by atoms with Crippen LogP contribution in [0, 0.1) is 18.7 Å². The van der Waals surface area contributed by atoms with Crippen molar-refractivity contribution < 1.29 is 13.9 Å². The molecule has 0 amide bonds. The molecule has 5 nitrogen and oxygen atoms in total. The van der Waals surface area contributed by atoms with Gasteiger partial charge in [-0.2, -0.15) is 0 Å². The highest BCUT2D eigenvalue weighted by atomic mass is 19.1. The van der Waals surface area contributed by atoms with Gasteiger partial charge in [0.2, 0.25) is 5.88 Å². The summed E-state index contributed by atoms with van der Waals surface area (Å²) in [5.74, 6) is 0.486. The van der Waals surface area contributed by atoms with Gasteiger partial charge in [-0.25, -0.2) is 9.37 Å². The van der Waals surface area contributed by atoms with Crippen LogP contribution in [0.2, 0.25) is 0 Å². The molecule has 1 aromatic carbocycles. The molecule has 0 unspecified atom stereocenters. The molecule has 27 heavy (non-hydrogen) atoms. The molecule has 1 aliphatic heterocycles. The maximum Gasteiger partial charge on any atom is 0.237 e.